The molecule has 1 aromatic heterocycles. The van der Waals surface area contributed by atoms with Crippen molar-refractivity contribution in [3.63, 3.8) is 0 Å². The number of benzene rings is 1. The number of halogens is 1. The van der Waals surface area contributed by atoms with Crippen molar-refractivity contribution in [1.82, 2.24) is 5.32 Å². The van der Waals surface area contributed by atoms with E-state index in [-0.39, 0.29) is 30.0 Å². The maximum absolute atomic E-state index is 12.9. The van der Waals surface area contributed by atoms with Crippen LogP contribution < -0.4 is 5.32 Å². The van der Waals surface area contributed by atoms with Gasteiger partial charge in [0.15, 0.2) is 5.76 Å². The molecule has 0 fully saturated rings. The number of amides is 1. The lowest BCUT2D eigenvalue weighted by atomic mass is 10.1. The largest absolute Gasteiger partial charge is 0.459 e. The summed E-state index contributed by atoms with van der Waals surface area (Å²) >= 11 is 0. The van der Waals surface area contributed by atoms with Gasteiger partial charge < -0.3 is 14.8 Å². The zero-order valence-corrected chi connectivity index (χ0v) is 11.8. The van der Waals surface area contributed by atoms with Crippen LogP contribution in [0.3, 0.4) is 0 Å². The van der Waals surface area contributed by atoms with Crippen molar-refractivity contribution in [1.29, 1.82) is 0 Å². The van der Waals surface area contributed by atoms with Crippen LogP contribution >= 0.6 is 0 Å². The second kappa shape index (κ2) is 7.04. The topological polar surface area (TPSA) is 62.5 Å². The Balaban J connectivity index is 2.09. The first-order chi connectivity index (χ1) is 10.1. The molecule has 2 aromatic rings. The predicted molar refractivity (Wildman–Crippen MR) is 77.3 cm³/mol. The maximum Gasteiger partial charge on any atom is 0.287 e. The van der Waals surface area contributed by atoms with Gasteiger partial charge in [-0.1, -0.05) is 19.1 Å². The molecule has 1 amide bonds. The molecule has 0 spiro atoms. The molecule has 0 bridgehead atoms. The number of hydrogen-bond donors (Lipinski definition) is 2. The van der Waals surface area contributed by atoms with Gasteiger partial charge in [-0.05, 0) is 36.1 Å². The SMILES string of the molecule is CC(CCO)CNC(=O)c1occc1-c1ccc(F)cc1. The van der Waals surface area contributed by atoms with E-state index in [1.165, 1.54) is 18.4 Å². The molecule has 0 aliphatic carbocycles. The molecule has 0 radical (unpaired) electrons. The quantitative estimate of drug-likeness (QED) is 0.860. The van der Waals surface area contributed by atoms with Gasteiger partial charge in [0.2, 0.25) is 0 Å². The van der Waals surface area contributed by atoms with Gasteiger partial charge in [-0.2, -0.15) is 0 Å². The molecule has 2 N–H and O–H groups in total. The highest BCUT2D eigenvalue weighted by Gasteiger charge is 2.17. The van der Waals surface area contributed by atoms with E-state index in [1.54, 1.807) is 18.2 Å². The van der Waals surface area contributed by atoms with Gasteiger partial charge in [-0.15, -0.1) is 0 Å². The summed E-state index contributed by atoms with van der Waals surface area (Å²) in [6.07, 6.45) is 2.06. The van der Waals surface area contributed by atoms with E-state index in [0.717, 1.165) is 5.56 Å². The van der Waals surface area contributed by atoms with Crippen molar-refractivity contribution in [3.05, 3.63) is 48.2 Å². The number of aliphatic hydroxyl groups excluding tert-OH is 1. The first kappa shape index (κ1) is 15.3. The molecule has 0 aliphatic heterocycles. The Hall–Kier alpha value is -2.14. The standard InChI is InChI=1S/C16H18FNO3/c1-11(6-8-19)10-18-16(20)15-14(7-9-21-15)12-2-4-13(17)5-3-12/h2-5,7,9,11,19H,6,8,10H2,1H3,(H,18,20). The van der Waals surface area contributed by atoms with Crippen LogP contribution in [0, 0.1) is 11.7 Å². The van der Waals surface area contributed by atoms with Crippen molar-refractivity contribution in [2.45, 2.75) is 13.3 Å². The average molecular weight is 291 g/mol. The number of aliphatic hydroxyl groups is 1. The molecule has 2 rings (SSSR count). The summed E-state index contributed by atoms with van der Waals surface area (Å²) < 4.78 is 18.2. The van der Waals surface area contributed by atoms with Crippen LogP contribution in [0.15, 0.2) is 41.0 Å². The third-order valence-corrected chi connectivity index (χ3v) is 3.26. The van der Waals surface area contributed by atoms with Crippen LogP contribution in [0.1, 0.15) is 23.9 Å². The first-order valence-corrected chi connectivity index (χ1v) is 6.84. The fourth-order valence-corrected chi connectivity index (χ4v) is 2.01. The maximum atomic E-state index is 12.9. The summed E-state index contributed by atoms with van der Waals surface area (Å²) in [6.45, 7) is 2.50. The summed E-state index contributed by atoms with van der Waals surface area (Å²) in [6, 6.07) is 7.57. The Bertz CT molecular complexity index is 592. The number of carbonyl (C=O) groups is 1. The molecule has 112 valence electrons. The zero-order valence-electron chi connectivity index (χ0n) is 11.8. The lowest BCUT2D eigenvalue weighted by Crippen LogP contribution is -2.28. The molecule has 1 heterocycles. The minimum atomic E-state index is -0.328. The first-order valence-electron chi connectivity index (χ1n) is 6.84. The molecular weight excluding hydrogens is 273 g/mol. The van der Waals surface area contributed by atoms with E-state index >= 15 is 0 Å². The zero-order chi connectivity index (χ0) is 15.2. The van der Waals surface area contributed by atoms with E-state index in [2.05, 4.69) is 5.32 Å². The van der Waals surface area contributed by atoms with Crippen molar-refractivity contribution in [3.8, 4) is 11.1 Å². The van der Waals surface area contributed by atoms with Crippen molar-refractivity contribution < 1.29 is 18.7 Å². The monoisotopic (exact) mass is 291 g/mol. The van der Waals surface area contributed by atoms with E-state index in [4.69, 9.17) is 9.52 Å². The summed E-state index contributed by atoms with van der Waals surface area (Å²) in [7, 11) is 0. The number of hydrogen-bond acceptors (Lipinski definition) is 3. The highest BCUT2D eigenvalue weighted by atomic mass is 19.1. The Morgan fingerprint density at radius 1 is 1.33 bits per heavy atom. The Morgan fingerprint density at radius 2 is 2.05 bits per heavy atom. The van der Waals surface area contributed by atoms with Crippen molar-refractivity contribution in [2.24, 2.45) is 5.92 Å². The minimum Gasteiger partial charge on any atom is -0.459 e. The van der Waals surface area contributed by atoms with Crippen LogP contribution in [-0.4, -0.2) is 24.2 Å². The highest BCUT2D eigenvalue weighted by molar-refractivity contribution is 5.98. The summed E-state index contributed by atoms with van der Waals surface area (Å²) in [4.78, 5) is 12.1. The smallest absolute Gasteiger partial charge is 0.287 e. The van der Waals surface area contributed by atoms with Crippen LogP contribution in [-0.2, 0) is 0 Å². The molecule has 1 atom stereocenters. The van der Waals surface area contributed by atoms with Crippen molar-refractivity contribution >= 4 is 5.91 Å². The molecule has 21 heavy (non-hydrogen) atoms. The van der Waals surface area contributed by atoms with E-state index < -0.39 is 0 Å². The van der Waals surface area contributed by atoms with Crippen LogP contribution in [0.5, 0.6) is 0 Å². The summed E-state index contributed by atoms with van der Waals surface area (Å²) in [5.74, 6) is -0.254. The second-order valence-corrected chi connectivity index (χ2v) is 5.00. The van der Waals surface area contributed by atoms with Crippen molar-refractivity contribution in [2.75, 3.05) is 13.2 Å². The van der Waals surface area contributed by atoms with Gasteiger partial charge in [0.05, 0.1) is 6.26 Å². The lowest BCUT2D eigenvalue weighted by Gasteiger charge is -2.10. The Kier molecular flexibility index (Phi) is 5.11. The van der Waals surface area contributed by atoms with Gasteiger partial charge in [0.25, 0.3) is 5.91 Å². The fourth-order valence-electron chi connectivity index (χ4n) is 2.01. The van der Waals surface area contributed by atoms with Gasteiger partial charge in [0.1, 0.15) is 5.82 Å². The number of nitrogens with one attached hydrogen (secondary N) is 1. The van der Waals surface area contributed by atoms with Crippen LogP contribution in [0.4, 0.5) is 4.39 Å². The number of rotatable bonds is 6. The van der Waals surface area contributed by atoms with Gasteiger partial charge >= 0.3 is 0 Å². The number of furan rings is 1. The molecule has 0 saturated heterocycles. The van der Waals surface area contributed by atoms with E-state index in [0.29, 0.717) is 18.5 Å². The van der Waals surface area contributed by atoms with Gasteiger partial charge in [-0.25, -0.2) is 4.39 Å². The Labute approximate surface area is 122 Å². The third-order valence-electron chi connectivity index (χ3n) is 3.26. The summed E-state index contributed by atoms with van der Waals surface area (Å²) in [5, 5.41) is 11.6. The molecule has 1 unspecified atom stereocenters. The predicted octanol–water partition coefficient (Wildman–Crippen LogP) is 2.83. The molecule has 0 saturated carbocycles. The molecule has 1 aromatic carbocycles. The fraction of sp³-hybridized carbons (Fsp3) is 0.312. The third kappa shape index (κ3) is 3.92. The van der Waals surface area contributed by atoms with E-state index in [1.807, 2.05) is 6.92 Å². The van der Waals surface area contributed by atoms with Crippen LogP contribution in [0.2, 0.25) is 0 Å². The average Bonchev–Trinajstić information content (AvgIpc) is 2.95. The van der Waals surface area contributed by atoms with Gasteiger partial charge in [-0.3, -0.25) is 4.79 Å². The number of carbonyl (C=O) groups excluding carboxylic acids is 1. The van der Waals surface area contributed by atoms with Crippen LogP contribution in [0.25, 0.3) is 11.1 Å². The molecule has 0 aliphatic rings. The molecular formula is C16H18FNO3. The summed E-state index contributed by atoms with van der Waals surface area (Å²) in [5.41, 5.74) is 1.35. The lowest BCUT2D eigenvalue weighted by molar-refractivity contribution is 0.0918. The van der Waals surface area contributed by atoms with Gasteiger partial charge in [0, 0.05) is 18.7 Å². The van der Waals surface area contributed by atoms with E-state index in [9.17, 15) is 9.18 Å². The minimum absolute atomic E-state index is 0.0959. The second-order valence-electron chi connectivity index (χ2n) is 5.00. The normalized spacial score (nSPS) is 12.1. The molecule has 5 heteroatoms. The Morgan fingerprint density at radius 3 is 2.71 bits per heavy atom. The highest BCUT2D eigenvalue weighted by Crippen LogP contribution is 2.25. The molecule has 4 nitrogen and oxygen atoms in total.